The van der Waals surface area contributed by atoms with Crippen molar-refractivity contribution in [3.63, 3.8) is 0 Å². The number of nitrogens with zero attached hydrogens (tertiary/aromatic N) is 3. The van der Waals surface area contributed by atoms with Crippen molar-refractivity contribution >= 4 is 10.8 Å². The van der Waals surface area contributed by atoms with Gasteiger partial charge in [0, 0.05) is 24.0 Å². The summed E-state index contributed by atoms with van der Waals surface area (Å²) in [5.41, 5.74) is 8.68. The quantitative estimate of drug-likeness (QED) is 0.473. The molecule has 134 valence electrons. The van der Waals surface area contributed by atoms with E-state index in [2.05, 4.69) is 84.9 Å². The van der Waals surface area contributed by atoms with Crippen LogP contribution < -0.4 is 4.57 Å². The van der Waals surface area contributed by atoms with E-state index in [-0.39, 0.29) is 0 Å². The SMILES string of the molecule is Cc1cc(C)c(C)c(-c2c3ccc(-c4cnc(C)nc4)cc3cc[n+]2C)c1. The van der Waals surface area contributed by atoms with Crippen LogP contribution in [0.5, 0.6) is 0 Å². The zero-order valence-corrected chi connectivity index (χ0v) is 16.5. The molecule has 27 heavy (non-hydrogen) atoms. The number of aromatic nitrogens is 3. The minimum Gasteiger partial charge on any atom is -0.241 e. The first-order valence-corrected chi connectivity index (χ1v) is 9.23. The Balaban J connectivity index is 1.95. The van der Waals surface area contributed by atoms with Crippen LogP contribution in [-0.4, -0.2) is 9.97 Å². The lowest BCUT2D eigenvalue weighted by molar-refractivity contribution is -0.659. The molecular weight excluding hydrogens is 330 g/mol. The highest BCUT2D eigenvalue weighted by atomic mass is 14.9. The zero-order chi connectivity index (χ0) is 19.1. The summed E-state index contributed by atoms with van der Waals surface area (Å²) in [6.45, 7) is 8.46. The number of fused-ring (bicyclic) bond motifs is 1. The van der Waals surface area contributed by atoms with Gasteiger partial charge in [0.05, 0.1) is 10.9 Å². The smallest absolute Gasteiger partial charge is 0.220 e. The van der Waals surface area contributed by atoms with Crippen LogP contribution in [0.25, 0.3) is 33.2 Å². The fourth-order valence-corrected chi connectivity index (χ4v) is 3.71. The number of hydrogen-bond donors (Lipinski definition) is 0. The highest BCUT2D eigenvalue weighted by Crippen LogP contribution is 2.32. The van der Waals surface area contributed by atoms with E-state index in [0.29, 0.717) is 0 Å². The van der Waals surface area contributed by atoms with Crippen molar-refractivity contribution in [3.8, 4) is 22.4 Å². The van der Waals surface area contributed by atoms with Gasteiger partial charge in [-0.15, -0.1) is 0 Å². The Bertz CT molecular complexity index is 1160. The van der Waals surface area contributed by atoms with Gasteiger partial charge in [-0.25, -0.2) is 14.5 Å². The molecule has 0 aliphatic rings. The molecule has 0 N–H and O–H groups in total. The van der Waals surface area contributed by atoms with Crippen molar-refractivity contribution in [2.45, 2.75) is 27.7 Å². The standard InChI is InChI=1S/C24H24N3/c1-15-10-16(2)17(3)23(11-15)24-22-7-6-19(12-20(22)8-9-27(24)5)21-13-25-18(4)26-14-21/h6-14H,1-5H3/q+1. The first-order valence-electron chi connectivity index (χ1n) is 9.23. The lowest BCUT2D eigenvalue weighted by Crippen LogP contribution is -2.30. The fraction of sp³-hybridized carbons (Fsp3) is 0.208. The average Bonchev–Trinajstić information content (AvgIpc) is 2.65. The second-order valence-corrected chi connectivity index (χ2v) is 7.35. The van der Waals surface area contributed by atoms with E-state index in [0.717, 1.165) is 17.0 Å². The molecule has 0 saturated heterocycles. The number of hydrogen-bond acceptors (Lipinski definition) is 2. The highest BCUT2D eigenvalue weighted by molar-refractivity contribution is 5.96. The minimum absolute atomic E-state index is 0.791. The summed E-state index contributed by atoms with van der Waals surface area (Å²) in [6.07, 6.45) is 5.92. The van der Waals surface area contributed by atoms with Gasteiger partial charge in [-0.1, -0.05) is 17.7 Å². The highest BCUT2D eigenvalue weighted by Gasteiger charge is 2.18. The van der Waals surface area contributed by atoms with E-state index in [4.69, 9.17) is 0 Å². The van der Waals surface area contributed by atoms with E-state index < -0.39 is 0 Å². The Labute approximate surface area is 160 Å². The Hall–Kier alpha value is -3.07. The maximum Gasteiger partial charge on any atom is 0.220 e. The zero-order valence-electron chi connectivity index (χ0n) is 16.5. The molecule has 0 atom stereocenters. The van der Waals surface area contributed by atoms with Crippen LogP contribution >= 0.6 is 0 Å². The summed E-state index contributed by atoms with van der Waals surface area (Å²) < 4.78 is 2.22. The third kappa shape index (κ3) is 3.10. The van der Waals surface area contributed by atoms with Crippen LogP contribution in [0.3, 0.4) is 0 Å². The molecular formula is C24H24N3+. The van der Waals surface area contributed by atoms with Gasteiger partial charge in [0.2, 0.25) is 5.69 Å². The van der Waals surface area contributed by atoms with Gasteiger partial charge in [0.1, 0.15) is 12.9 Å². The lowest BCUT2D eigenvalue weighted by Gasteiger charge is -2.12. The normalized spacial score (nSPS) is 11.1. The summed E-state index contributed by atoms with van der Waals surface area (Å²) in [6, 6.07) is 13.3. The molecule has 0 aliphatic carbocycles. The molecule has 0 radical (unpaired) electrons. The maximum absolute atomic E-state index is 4.33. The number of benzene rings is 2. The van der Waals surface area contributed by atoms with Gasteiger partial charge < -0.3 is 0 Å². The van der Waals surface area contributed by atoms with E-state index in [1.54, 1.807) is 0 Å². The lowest BCUT2D eigenvalue weighted by atomic mass is 9.94. The van der Waals surface area contributed by atoms with Crippen LogP contribution in [0.1, 0.15) is 22.5 Å². The van der Waals surface area contributed by atoms with Gasteiger partial charge in [0.15, 0.2) is 6.20 Å². The van der Waals surface area contributed by atoms with Crippen molar-refractivity contribution < 1.29 is 4.57 Å². The molecule has 2 aromatic carbocycles. The monoisotopic (exact) mass is 354 g/mol. The van der Waals surface area contributed by atoms with Crippen molar-refractivity contribution in [3.05, 3.63) is 77.5 Å². The topological polar surface area (TPSA) is 29.7 Å². The summed E-state index contributed by atoms with van der Waals surface area (Å²) >= 11 is 0. The predicted octanol–water partition coefficient (Wildman–Crippen LogP) is 5.02. The molecule has 0 saturated carbocycles. The first kappa shape index (κ1) is 17.3. The van der Waals surface area contributed by atoms with E-state index in [1.165, 1.54) is 38.7 Å². The molecule has 0 spiro atoms. The van der Waals surface area contributed by atoms with Gasteiger partial charge in [-0.3, -0.25) is 0 Å². The second-order valence-electron chi connectivity index (χ2n) is 7.35. The van der Waals surface area contributed by atoms with Crippen molar-refractivity contribution in [1.29, 1.82) is 0 Å². The molecule has 0 amide bonds. The third-order valence-electron chi connectivity index (χ3n) is 5.32. The molecule has 0 fully saturated rings. The third-order valence-corrected chi connectivity index (χ3v) is 5.32. The molecule has 4 rings (SSSR count). The Kier molecular flexibility index (Phi) is 4.23. The number of rotatable bonds is 2. The van der Waals surface area contributed by atoms with Gasteiger partial charge in [0.25, 0.3) is 0 Å². The van der Waals surface area contributed by atoms with Crippen LogP contribution in [0, 0.1) is 27.7 Å². The van der Waals surface area contributed by atoms with E-state index in [1.807, 2.05) is 19.3 Å². The average molecular weight is 354 g/mol. The first-order chi connectivity index (χ1) is 12.9. The van der Waals surface area contributed by atoms with Crippen LogP contribution in [-0.2, 0) is 7.05 Å². The fourth-order valence-electron chi connectivity index (χ4n) is 3.71. The number of pyridine rings is 1. The molecule has 2 aromatic heterocycles. The van der Waals surface area contributed by atoms with Gasteiger partial charge in [-0.2, -0.15) is 0 Å². The van der Waals surface area contributed by atoms with Crippen molar-refractivity contribution in [2.75, 3.05) is 0 Å². The largest absolute Gasteiger partial charge is 0.241 e. The molecule has 0 aliphatic heterocycles. The van der Waals surface area contributed by atoms with Crippen LogP contribution in [0.4, 0.5) is 0 Å². The summed E-state index contributed by atoms with van der Waals surface area (Å²) in [7, 11) is 2.12. The Morgan fingerprint density at radius 3 is 2.30 bits per heavy atom. The Morgan fingerprint density at radius 2 is 1.56 bits per heavy atom. The Morgan fingerprint density at radius 1 is 0.815 bits per heavy atom. The predicted molar refractivity (Wildman–Crippen MR) is 111 cm³/mol. The van der Waals surface area contributed by atoms with Crippen molar-refractivity contribution in [1.82, 2.24) is 9.97 Å². The molecule has 0 bridgehead atoms. The second kappa shape index (κ2) is 6.58. The summed E-state index contributed by atoms with van der Waals surface area (Å²) in [4.78, 5) is 8.66. The van der Waals surface area contributed by atoms with Crippen LogP contribution in [0.15, 0.2) is 55.0 Å². The summed E-state index contributed by atoms with van der Waals surface area (Å²) in [5, 5.41) is 2.48. The van der Waals surface area contributed by atoms with E-state index in [9.17, 15) is 0 Å². The molecule has 3 nitrogen and oxygen atoms in total. The van der Waals surface area contributed by atoms with Crippen molar-refractivity contribution in [2.24, 2.45) is 7.05 Å². The van der Waals surface area contributed by atoms with Gasteiger partial charge >= 0.3 is 0 Å². The molecule has 0 unspecified atom stereocenters. The van der Waals surface area contributed by atoms with E-state index >= 15 is 0 Å². The molecule has 3 heteroatoms. The number of aryl methyl sites for hydroxylation is 4. The molecule has 2 heterocycles. The minimum atomic E-state index is 0.791. The molecule has 4 aromatic rings. The summed E-state index contributed by atoms with van der Waals surface area (Å²) in [5.74, 6) is 0.791. The van der Waals surface area contributed by atoms with Gasteiger partial charge in [-0.05, 0) is 68.0 Å². The van der Waals surface area contributed by atoms with Crippen LogP contribution in [0.2, 0.25) is 0 Å². The maximum atomic E-state index is 4.33.